The van der Waals surface area contributed by atoms with Crippen molar-refractivity contribution in [2.24, 2.45) is 0 Å². The molecule has 0 unspecified atom stereocenters. The maximum atomic E-state index is 11.8. The fourth-order valence-corrected chi connectivity index (χ4v) is 2.00. The monoisotopic (exact) mass is 240 g/mol. The van der Waals surface area contributed by atoms with Gasteiger partial charge in [-0.1, -0.05) is 11.5 Å². The number of carbonyl (C=O) groups excluding carboxylic acids is 2. The van der Waals surface area contributed by atoms with Crippen molar-refractivity contribution in [3.8, 4) is 0 Å². The Kier molecular flexibility index (Phi) is 2.33. The van der Waals surface area contributed by atoms with Gasteiger partial charge in [0.25, 0.3) is 0 Å². The molecule has 2 aromatic rings. The largest absolute Gasteiger partial charge is 0.329 e. The molecule has 18 heavy (non-hydrogen) atoms. The summed E-state index contributed by atoms with van der Waals surface area (Å²) in [5.74, 6) is 0.340. The molecular formula is C11H9BN4O2. The summed E-state index contributed by atoms with van der Waals surface area (Å²) in [7, 11) is 5.80. The third-order valence-corrected chi connectivity index (χ3v) is 2.88. The third kappa shape index (κ3) is 1.55. The van der Waals surface area contributed by atoms with Crippen molar-refractivity contribution >= 4 is 36.7 Å². The summed E-state index contributed by atoms with van der Waals surface area (Å²) < 4.78 is 1.73. The van der Waals surface area contributed by atoms with E-state index in [1.165, 1.54) is 4.90 Å². The van der Waals surface area contributed by atoms with Crippen LogP contribution in [-0.2, 0) is 4.79 Å². The van der Waals surface area contributed by atoms with Gasteiger partial charge in [0, 0.05) is 19.2 Å². The van der Waals surface area contributed by atoms with Gasteiger partial charge in [-0.25, -0.2) is 9.78 Å². The van der Waals surface area contributed by atoms with Crippen molar-refractivity contribution < 1.29 is 9.59 Å². The van der Waals surface area contributed by atoms with Crippen LogP contribution < -0.4 is 15.7 Å². The number of anilines is 1. The van der Waals surface area contributed by atoms with Crippen molar-refractivity contribution in [3.63, 3.8) is 0 Å². The summed E-state index contributed by atoms with van der Waals surface area (Å²) in [6, 6.07) is 3.09. The SMILES string of the molecule is [B]c1cccn2c(N3CCC(=O)NC3=O)cnc12. The first-order chi connectivity index (χ1) is 8.66. The number of hydrogen-bond donors (Lipinski definition) is 1. The molecule has 1 saturated heterocycles. The fraction of sp³-hybridized carbons (Fsp3) is 0.182. The molecule has 88 valence electrons. The van der Waals surface area contributed by atoms with Crippen molar-refractivity contribution in [2.45, 2.75) is 6.42 Å². The van der Waals surface area contributed by atoms with E-state index in [9.17, 15) is 9.59 Å². The van der Waals surface area contributed by atoms with Crippen LogP contribution in [0.3, 0.4) is 0 Å². The van der Waals surface area contributed by atoms with Gasteiger partial charge in [-0.3, -0.25) is 19.4 Å². The Balaban J connectivity index is 2.07. The number of imide groups is 1. The molecular weight excluding hydrogens is 231 g/mol. The van der Waals surface area contributed by atoms with Crippen LogP contribution in [0.15, 0.2) is 24.5 Å². The number of aromatic nitrogens is 2. The number of rotatable bonds is 1. The highest BCUT2D eigenvalue weighted by atomic mass is 16.2. The standard InChI is InChI=1S/C11H9BN4O2/c12-7-2-1-4-15-9(6-13-10(7)15)16-5-3-8(17)14-11(16)18/h1-2,4,6H,3,5H2,(H,14,17,18). The van der Waals surface area contributed by atoms with Crippen LogP contribution in [0, 0.1) is 0 Å². The van der Waals surface area contributed by atoms with E-state index in [1.807, 2.05) is 0 Å². The van der Waals surface area contributed by atoms with Crippen LogP contribution in [0.4, 0.5) is 10.6 Å². The first kappa shape index (κ1) is 10.8. The van der Waals surface area contributed by atoms with Gasteiger partial charge in [-0.05, 0) is 6.07 Å². The Labute approximate surface area is 104 Å². The average Bonchev–Trinajstić information content (AvgIpc) is 2.74. The molecule has 1 aliphatic heterocycles. The highest BCUT2D eigenvalue weighted by molar-refractivity contribution is 6.36. The maximum absolute atomic E-state index is 11.8. The van der Waals surface area contributed by atoms with Crippen LogP contribution >= 0.6 is 0 Å². The Morgan fingerprint density at radius 1 is 1.39 bits per heavy atom. The molecule has 6 nitrogen and oxygen atoms in total. The van der Waals surface area contributed by atoms with Crippen LogP contribution in [0.5, 0.6) is 0 Å². The second kappa shape index (κ2) is 3.87. The molecule has 3 rings (SSSR count). The minimum absolute atomic E-state index is 0.260. The van der Waals surface area contributed by atoms with E-state index in [-0.39, 0.29) is 12.3 Å². The zero-order valence-electron chi connectivity index (χ0n) is 9.46. The lowest BCUT2D eigenvalue weighted by Gasteiger charge is -2.25. The van der Waals surface area contributed by atoms with Gasteiger partial charge in [-0.15, -0.1) is 0 Å². The van der Waals surface area contributed by atoms with E-state index in [0.717, 1.165) is 0 Å². The average molecular weight is 240 g/mol. The Morgan fingerprint density at radius 3 is 3.00 bits per heavy atom. The topological polar surface area (TPSA) is 66.7 Å². The minimum Gasteiger partial charge on any atom is -0.286 e. The molecule has 0 aromatic carbocycles. The van der Waals surface area contributed by atoms with Crippen LogP contribution in [0.1, 0.15) is 6.42 Å². The van der Waals surface area contributed by atoms with Crippen LogP contribution in [-0.4, -0.2) is 35.7 Å². The molecule has 0 bridgehead atoms. The van der Waals surface area contributed by atoms with E-state index in [2.05, 4.69) is 10.3 Å². The molecule has 3 amide bonds. The lowest BCUT2D eigenvalue weighted by molar-refractivity contribution is -0.120. The first-order valence-corrected chi connectivity index (χ1v) is 5.50. The predicted octanol–water partition coefficient (Wildman–Crippen LogP) is -0.426. The molecule has 2 radical (unpaired) electrons. The van der Waals surface area contributed by atoms with Gasteiger partial charge in [0.2, 0.25) is 5.91 Å². The molecule has 1 aliphatic rings. The molecule has 0 saturated carbocycles. The molecule has 3 heterocycles. The summed E-state index contributed by atoms with van der Waals surface area (Å²) in [5.41, 5.74) is 1.13. The van der Waals surface area contributed by atoms with Crippen molar-refractivity contribution in [1.82, 2.24) is 14.7 Å². The highest BCUT2D eigenvalue weighted by Crippen LogP contribution is 2.17. The van der Waals surface area contributed by atoms with Gasteiger partial charge < -0.3 is 0 Å². The second-order valence-electron chi connectivity index (χ2n) is 4.03. The van der Waals surface area contributed by atoms with E-state index in [4.69, 9.17) is 7.85 Å². The molecule has 0 spiro atoms. The van der Waals surface area contributed by atoms with Crippen LogP contribution in [0.25, 0.3) is 5.65 Å². The molecule has 2 aromatic heterocycles. The number of urea groups is 1. The fourth-order valence-electron chi connectivity index (χ4n) is 2.00. The maximum Gasteiger partial charge on any atom is 0.329 e. The summed E-state index contributed by atoms with van der Waals surface area (Å²) in [6.45, 7) is 0.341. The van der Waals surface area contributed by atoms with Gasteiger partial charge in [0.1, 0.15) is 19.3 Å². The number of hydrogen-bond acceptors (Lipinski definition) is 3. The quantitative estimate of drug-likeness (QED) is 0.688. The lowest BCUT2D eigenvalue weighted by atomic mass is 9.98. The third-order valence-electron chi connectivity index (χ3n) is 2.88. The minimum atomic E-state index is -0.435. The van der Waals surface area contributed by atoms with Gasteiger partial charge in [0.15, 0.2) is 0 Å². The Morgan fingerprint density at radius 2 is 2.22 bits per heavy atom. The Bertz CT molecular complexity index is 652. The number of fused-ring (bicyclic) bond motifs is 1. The van der Waals surface area contributed by atoms with Crippen molar-refractivity contribution in [3.05, 3.63) is 24.5 Å². The number of carbonyl (C=O) groups is 2. The summed E-state index contributed by atoms with van der Waals surface area (Å²) >= 11 is 0. The van der Waals surface area contributed by atoms with Gasteiger partial charge in [-0.2, -0.15) is 0 Å². The number of pyridine rings is 1. The normalized spacial score (nSPS) is 16.1. The van der Waals surface area contributed by atoms with Crippen molar-refractivity contribution in [1.29, 1.82) is 0 Å². The lowest BCUT2D eigenvalue weighted by Crippen LogP contribution is -2.50. The van der Waals surface area contributed by atoms with Gasteiger partial charge >= 0.3 is 6.03 Å². The molecule has 0 aliphatic carbocycles. The highest BCUT2D eigenvalue weighted by Gasteiger charge is 2.26. The molecule has 7 heteroatoms. The van der Waals surface area contributed by atoms with Gasteiger partial charge in [0.05, 0.1) is 6.20 Å². The molecule has 0 atom stereocenters. The predicted molar refractivity (Wildman–Crippen MR) is 66.1 cm³/mol. The number of amides is 3. The number of nitrogens with zero attached hydrogens (tertiary/aromatic N) is 3. The summed E-state index contributed by atoms with van der Waals surface area (Å²) in [4.78, 5) is 28.5. The zero-order valence-corrected chi connectivity index (χ0v) is 9.46. The first-order valence-electron chi connectivity index (χ1n) is 5.50. The number of nitrogens with one attached hydrogen (secondary N) is 1. The van der Waals surface area contributed by atoms with Crippen LogP contribution in [0.2, 0.25) is 0 Å². The van der Waals surface area contributed by atoms with Crippen molar-refractivity contribution in [2.75, 3.05) is 11.4 Å². The summed E-state index contributed by atoms with van der Waals surface area (Å²) in [6.07, 6.45) is 3.63. The van der Waals surface area contributed by atoms with E-state index in [1.54, 1.807) is 28.9 Å². The molecule has 1 fully saturated rings. The van der Waals surface area contributed by atoms with E-state index >= 15 is 0 Å². The summed E-state index contributed by atoms with van der Waals surface area (Å²) in [5, 5.41) is 2.27. The number of imidazole rings is 1. The zero-order chi connectivity index (χ0) is 12.7. The smallest absolute Gasteiger partial charge is 0.286 e. The molecule has 1 N–H and O–H groups in total. The Hall–Kier alpha value is -2.31. The van der Waals surface area contributed by atoms with E-state index in [0.29, 0.717) is 23.5 Å². The van der Waals surface area contributed by atoms with E-state index < -0.39 is 6.03 Å². The second-order valence-corrected chi connectivity index (χ2v) is 4.03.